The van der Waals surface area contributed by atoms with E-state index in [1.807, 2.05) is 6.20 Å². The van der Waals surface area contributed by atoms with E-state index in [4.69, 9.17) is 9.40 Å². The monoisotopic (exact) mass is 501 g/mol. The quantitative estimate of drug-likeness (QED) is 0.231. The third-order valence-electron chi connectivity index (χ3n) is 8.46. The second-order valence-corrected chi connectivity index (χ2v) is 12.6. The molecule has 0 N–H and O–H groups in total. The maximum atomic E-state index is 6.81. The minimum absolute atomic E-state index is 0.00726. The van der Waals surface area contributed by atoms with Gasteiger partial charge in [0.1, 0.15) is 11.2 Å². The van der Waals surface area contributed by atoms with Crippen LogP contribution in [0.3, 0.4) is 0 Å². The van der Waals surface area contributed by atoms with Gasteiger partial charge in [-0.25, -0.2) is 0 Å². The summed E-state index contributed by atoms with van der Waals surface area (Å²) in [4.78, 5) is 4.79. The fourth-order valence-corrected chi connectivity index (χ4v) is 7.06. The van der Waals surface area contributed by atoms with Crippen LogP contribution in [0.4, 0.5) is 0 Å². The zero-order chi connectivity index (χ0) is 26.8. The van der Waals surface area contributed by atoms with Gasteiger partial charge in [0.2, 0.25) is 0 Å². The summed E-state index contributed by atoms with van der Waals surface area (Å²) in [5.41, 5.74) is 12.2. The Kier molecular flexibility index (Phi) is 5.98. The number of rotatable bonds is 6. The molecule has 1 aliphatic rings. The highest BCUT2D eigenvalue weighted by Gasteiger charge is 2.44. The predicted octanol–water partition coefficient (Wildman–Crippen LogP) is 10.4. The van der Waals surface area contributed by atoms with Gasteiger partial charge in [0.05, 0.1) is 5.69 Å². The van der Waals surface area contributed by atoms with E-state index < -0.39 is 0 Å². The third-order valence-corrected chi connectivity index (χ3v) is 8.46. The highest BCUT2D eigenvalue weighted by Crippen LogP contribution is 2.56. The van der Waals surface area contributed by atoms with Gasteiger partial charge in [0.15, 0.2) is 0 Å². The molecule has 0 bridgehead atoms. The maximum absolute atomic E-state index is 6.81. The van der Waals surface area contributed by atoms with E-state index in [9.17, 15) is 0 Å². The molecule has 2 aromatic heterocycles. The first-order valence-electron chi connectivity index (χ1n) is 14.3. The molecule has 0 saturated heterocycles. The first kappa shape index (κ1) is 24.9. The first-order valence-corrected chi connectivity index (χ1v) is 14.3. The van der Waals surface area contributed by atoms with Crippen LogP contribution in [-0.2, 0) is 5.41 Å². The van der Waals surface area contributed by atoms with Gasteiger partial charge in [-0.2, -0.15) is 0 Å². The van der Waals surface area contributed by atoms with Crippen LogP contribution in [0, 0.1) is 18.8 Å². The first-order chi connectivity index (χ1) is 18.2. The van der Waals surface area contributed by atoms with Crippen LogP contribution in [0.5, 0.6) is 0 Å². The predicted molar refractivity (Wildman–Crippen MR) is 161 cm³/mol. The molecule has 0 radical (unpaired) electrons. The summed E-state index contributed by atoms with van der Waals surface area (Å²) in [5, 5.41) is 2.36. The van der Waals surface area contributed by atoms with Gasteiger partial charge in [-0.3, -0.25) is 4.98 Å². The lowest BCUT2D eigenvalue weighted by molar-refractivity contribution is 0.337. The van der Waals surface area contributed by atoms with E-state index in [1.165, 1.54) is 44.2 Å². The van der Waals surface area contributed by atoms with Crippen LogP contribution >= 0.6 is 0 Å². The molecule has 3 aromatic carbocycles. The minimum atomic E-state index is 0.00726. The Bertz CT molecular complexity index is 1660. The Morgan fingerprint density at radius 3 is 2.21 bits per heavy atom. The van der Waals surface area contributed by atoms with Gasteiger partial charge in [0, 0.05) is 27.9 Å². The number of hydrogen-bond acceptors (Lipinski definition) is 2. The van der Waals surface area contributed by atoms with E-state index in [0.717, 1.165) is 35.3 Å². The number of pyridine rings is 1. The van der Waals surface area contributed by atoms with Crippen molar-refractivity contribution in [2.75, 3.05) is 0 Å². The summed E-state index contributed by atoms with van der Waals surface area (Å²) in [6.07, 6.45) is 4.21. The number of fused-ring (bicyclic) bond motifs is 6. The smallest absolute Gasteiger partial charge is 0.145 e. The standard InChI is InChI=1S/C36H39NO/c1-21(2)19-36(20-22(3)4)30-11-9-8-10-26(30)28-17-29-27-13-12-24(7)34(35(27)38-33(29)18-31(28)36)32-16-25(23(5)6)14-15-37-32/h8-18,21-23H,19-20H2,1-7H3. The van der Waals surface area contributed by atoms with Crippen molar-refractivity contribution < 1.29 is 4.42 Å². The summed E-state index contributed by atoms with van der Waals surface area (Å²) in [7, 11) is 0. The summed E-state index contributed by atoms with van der Waals surface area (Å²) >= 11 is 0. The summed E-state index contributed by atoms with van der Waals surface area (Å²) in [6, 6.07) is 22.7. The highest BCUT2D eigenvalue weighted by molar-refractivity contribution is 6.12. The molecule has 0 saturated carbocycles. The number of nitrogens with zero attached hydrogens (tertiary/aromatic N) is 1. The molecule has 6 rings (SSSR count). The lowest BCUT2D eigenvalue weighted by Crippen LogP contribution is -2.29. The van der Waals surface area contributed by atoms with Gasteiger partial charge in [-0.15, -0.1) is 0 Å². The van der Waals surface area contributed by atoms with E-state index >= 15 is 0 Å². The number of furan rings is 1. The molecule has 0 unspecified atom stereocenters. The molecular weight excluding hydrogens is 462 g/mol. The van der Waals surface area contributed by atoms with Crippen molar-refractivity contribution in [2.45, 2.75) is 72.6 Å². The number of aryl methyl sites for hydroxylation is 1. The zero-order valence-corrected chi connectivity index (χ0v) is 23.9. The fourth-order valence-electron chi connectivity index (χ4n) is 7.06. The molecule has 0 aliphatic heterocycles. The van der Waals surface area contributed by atoms with Crippen LogP contribution in [0.2, 0.25) is 0 Å². The summed E-state index contributed by atoms with van der Waals surface area (Å²) < 4.78 is 6.81. The lowest BCUT2D eigenvalue weighted by Gasteiger charge is -2.35. The molecule has 2 heteroatoms. The molecule has 0 spiro atoms. The minimum Gasteiger partial charge on any atom is -0.455 e. The average Bonchev–Trinajstić information content (AvgIpc) is 3.35. The van der Waals surface area contributed by atoms with Crippen LogP contribution in [0.15, 0.2) is 71.3 Å². The Hall–Kier alpha value is -3.39. The van der Waals surface area contributed by atoms with Gasteiger partial charge >= 0.3 is 0 Å². The Morgan fingerprint density at radius 2 is 1.50 bits per heavy atom. The molecule has 0 fully saturated rings. The van der Waals surface area contributed by atoms with E-state index in [-0.39, 0.29) is 5.41 Å². The summed E-state index contributed by atoms with van der Waals surface area (Å²) in [5.74, 6) is 1.63. The molecule has 0 amide bonds. The fraction of sp³-hybridized carbons (Fsp3) is 0.361. The topological polar surface area (TPSA) is 26.0 Å². The molecular formula is C36H39NO. The van der Waals surface area contributed by atoms with Crippen LogP contribution in [-0.4, -0.2) is 4.98 Å². The number of hydrogen-bond donors (Lipinski definition) is 0. The van der Waals surface area contributed by atoms with E-state index in [2.05, 4.69) is 109 Å². The SMILES string of the molecule is Cc1ccc2c(oc3cc4c(cc32)-c2ccccc2C4(CC(C)C)CC(C)C)c1-c1cc(C(C)C)ccn1. The van der Waals surface area contributed by atoms with Gasteiger partial charge in [0.25, 0.3) is 0 Å². The van der Waals surface area contributed by atoms with Crippen molar-refractivity contribution in [3.63, 3.8) is 0 Å². The Morgan fingerprint density at radius 1 is 0.763 bits per heavy atom. The molecule has 0 atom stereocenters. The molecule has 2 heterocycles. The molecule has 1 aliphatic carbocycles. The van der Waals surface area contributed by atoms with Gasteiger partial charge in [-0.1, -0.05) is 77.9 Å². The van der Waals surface area contributed by atoms with Crippen molar-refractivity contribution in [1.82, 2.24) is 4.98 Å². The number of aromatic nitrogens is 1. The van der Waals surface area contributed by atoms with Crippen LogP contribution in [0.25, 0.3) is 44.3 Å². The molecule has 2 nitrogen and oxygen atoms in total. The molecule has 38 heavy (non-hydrogen) atoms. The third kappa shape index (κ3) is 3.80. The van der Waals surface area contributed by atoms with Crippen molar-refractivity contribution in [3.8, 4) is 22.4 Å². The number of benzene rings is 3. The largest absolute Gasteiger partial charge is 0.455 e. The summed E-state index contributed by atoms with van der Waals surface area (Å²) in [6.45, 7) is 16.1. The lowest BCUT2D eigenvalue weighted by atomic mass is 9.68. The highest BCUT2D eigenvalue weighted by atomic mass is 16.3. The second kappa shape index (κ2) is 9.12. The van der Waals surface area contributed by atoms with Crippen molar-refractivity contribution >= 4 is 21.9 Å². The second-order valence-electron chi connectivity index (χ2n) is 12.6. The van der Waals surface area contributed by atoms with Crippen molar-refractivity contribution in [1.29, 1.82) is 0 Å². The molecule has 194 valence electrons. The maximum Gasteiger partial charge on any atom is 0.145 e. The molecule has 5 aromatic rings. The normalized spacial score (nSPS) is 14.3. The zero-order valence-electron chi connectivity index (χ0n) is 23.9. The van der Waals surface area contributed by atoms with E-state index in [1.54, 1.807) is 0 Å². The van der Waals surface area contributed by atoms with Crippen molar-refractivity contribution in [2.24, 2.45) is 11.8 Å². The van der Waals surface area contributed by atoms with Crippen LogP contribution < -0.4 is 0 Å². The van der Waals surface area contributed by atoms with Gasteiger partial charge < -0.3 is 4.42 Å². The van der Waals surface area contributed by atoms with Crippen LogP contribution in [0.1, 0.15) is 82.6 Å². The Balaban J connectivity index is 1.65. The van der Waals surface area contributed by atoms with E-state index in [0.29, 0.717) is 17.8 Å². The van der Waals surface area contributed by atoms with Crippen molar-refractivity contribution in [3.05, 3.63) is 89.1 Å². The average molecular weight is 502 g/mol. The van der Waals surface area contributed by atoms with Gasteiger partial charge in [-0.05, 0) is 95.2 Å². The Labute approximate surface area is 227 Å².